The number of aromatic nitrogens is 2. The van der Waals surface area contributed by atoms with E-state index in [-0.39, 0.29) is 11.8 Å². The summed E-state index contributed by atoms with van der Waals surface area (Å²) >= 11 is 0. The number of rotatable bonds is 4. The summed E-state index contributed by atoms with van der Waals surface area (Å²) in [6.07, 6.45) is 5.45. The molecule has 0 aliphatic carbocycles. The van der Waals surface area contributed by atoms with Gasteiger partial charge in [-0.05, 0) is 30.5 Å². The first kappa shape index (κ1) is 19.4. The van der Waals surface area contributed by atoms with E-state index in [4.69, 9.17) is 9.47 Å². The molecule has 0 saturated carbocycles. The fourth-order valence-electron chi connectivity index (χ4n) is 4.00. The Morgan fingerprint density at radius 2 is 1.74 bits per heavy atom. The van der Waals surface area contributed by atoms with Crippen LogP contribution in [0.15, 0.2) is 60.9 Å². The summed E-state index contributed by atoms with van der Waals surface area (Å²) in [5.74, 6) is 1.92. The molecule has 7 heteroatoms. The minimum atomic E-state index is -0.126. The molecule has 31 heavy (non-hydrogen) atoms. The highest BCUT2D eigenvalue weighted by Gasteiger charge is 2.27. The Hall–Kier alpha value is -3.61. The lowest BCUT2D eigenvalue weighted by Crippen LogP contribution is -2.41. The second-order valence-electron chi connectivity index (χ2n) is 7.77. The van der Waals surface area contributed by atoms with E-state index in [1.807, 2.05) is 60.9 Å². The van der Waals surface area contributed by atoms with E-state index in [2.05, 4.69) is 20.2 Å². The lowest BCUT2D eigenvalue weighted by molar-refractivity contribution is -0.120. The Balaban J connectivity index is 1.24. The molecule has 1 amide bonds. The third kappa shape index (κ3) is 4.30. The van der Waals surface area contributed by atoms with Crippen LogP contribution in [0.5, 0.6) is 11.5 Å². The smallest absolute Gasteiger partial charge is 0.229 e. The van der Waals surface area contributed by atoms with E-state index in [0.29, 0.717) is 37.2 Å². The van der Waals surface area contributed by atoms with Gasteiger partial charge in [-0.25, -0.2) is 9.97 Å². The van der Waals surface area contributed by atoms with Crippen LogP contribution in [0.1, 0.15) is 12.8 Å². The van der Waals surface area contributed by atoms with E-state index < -0.39 is 0 Å². The standard InChI is InChI=1S/C24H24N4O3/c29-23(27-20-8-9-21-22(13-20)31-12-11-30-21)18-7-4-10-28(16-18)24-25-14-19(15-26-24)17-5-2-1-3-6-17/h1-3,5-6,8-9,13-15,18H,4,7,10-12,16H2,(H,27,29)/t18-/m0/s1. The largest absolute Gasteiger partial charge is 0.486 e. The van der Waals surface area contributed by atoms with Crippen molar-refractivity contribution >= 4 is 17.5 Å². The van der Waals surface area contributed by atoms with Gasteiger partial charge in [0.05, 0.1) is 5.92 Å². The molecule has 0 unspecified atom stereocenters. The molecule has 0 radical (unpaired) electrons. The molecule has 3 heterocycles. The van der Waals surface area contributed by atoms with Crippen molar-refractivity contribution in [3.05, 3.63) is 60.9 Å². The Morgan fingerprint density at radius 1 is 0.968 bits per heavy atom. The molecular weight excluding hydrogens is 392 g/mol. The molecule has 1 fully saturated rings. The van der Waals surface area contributed by atoms with E-state index in [1.54, 1.807) is 0 Å². The number of nitrogens with zero attached hydrogens (tertiary/aromatic N) is 3. The van der Waals surface area contributed by atoms with Crippen molar-refractivity contribution in [3.8, 4) is 22.6 Å². The predicted octanol–water partition coefficient (Wildman–Crippen LogP) is 3.77. The van der Waals surface area contributed by atoms with Crippen molar-refractivity contribution in [3.63, 3.8) is 0 Å². The van der Waals surface area contributed by atoms with Crippen LogP contribution in [0.2, 0.25) is 0 Å². The van der Waals surface area contributed by atoms with Crippen molar-refractivity contribution < 1.29 is 14.3 Å². The molecule has 0 bridgehead atoms. The van der Waals surface area contributed by atoms with Gasteiger partial charge in [-0.2, -0.15) is 0 Å². The van der Waals surface area contributed by atoms with Crippen LogP contribution in [-0.4, -0.2) is 42.2 Å². The van der Waals surface area contributed by atoms with Crippen LogP contribution in [0.4, 0.5) is 11.6 Å². The molecule has 2 aromatic carbocycles. The highest BCUT2D eigenvalue weighted by Crippen LogP contribution is 2.33. The molecule has 1 atom stereocenters. The molecular formula is C24H24N4O3. The number of carbonyl (C=O) groups is 1. The fourth-order valence-corrected chi connectivity index (χ4v) is 4.00. The number of anilines is 2. The van der Waals surface area contributed by atoms with Gasteiger partial charge in [0.1, 0.15) is 13.2 Å². The third-order valence-corrected chi connectivity index (χ3v) is 5.63. The van der Waals surface area contributed by atoms with Gasteiger partial charge in [0, 0.05) is 42.8 Å². The summed E-state index contributed by atoms with van der Waals surface area (Å²) in [5, 5.41) is 3.02. The molecule has 1 N–H and O–H groups in total. The monoisotopic (exact) mass is 416 g/mol. The van der Waals surface area contributed by atoms with Crippen molar-refractivity contribution in [2.75, 3.05) is 36.5 Å². The highest BCUT2D eigenvalue weighted by molar-refractivity contribution is 5.93. The first-order valence-electron chi connectivity index (χ1n) is 10.6. The zero-order chi connectivity index (χ0) is 21.0. The van der Waals surface area contributed by atoms with Crippen LogP contribution in [0, 0.1) is 5.92 Å². The summed E-state index contributed by atoms with van der Waals surface area (Å²) in [6.45, 7) is 2.51. The average Bonchev–Trinajstić information content (AvgIpc) is 2.85. The van der Waals surface area contributed by atoms with Crippen LogP contribution < -0.4 is 19.7 Å². The summed E-state index contributed by atoms with van der Waals surface area (Å²) < 4.78 is 11.1. The molecule has 5 rings (SSSR count). The fraction of sp³-hybridized carbons (Fsp3) is 0.292. The Kier molecular flexibility index (Phi) is 5.39. The van der Waals surface area contributed by atoms with Gasteiger partial charge in [0.2, 0.25) is 11.9 Å². The number of amides is 1. The first-order chi connectivity index (χ1) is 15.3. The number of piperidine rings is 1. The van der Waals surface area contributed by atoms with Gasteiger partial charge in [-0.3, -0.25) is 4.79 Å². The maximum absolute atomic E-state index is 12.9. The van der Waals surface area contributed by atoms with Crippen LogP contribution in [0.25, 0.3) is 11.1 Å². The third-order valence-electron chi connectivity index (χ3n) is 5.63. The predicted molar refractivity (Wildman–Crippen MR) is 118 cm³/mol. The number of benzene rings is 2. The molecule has 1 aromatic heterocycles. The van der Waals surface area contributed by atoms with E-state index in [9.17, 15) is 4.79 Å². The summed E-state index contributed by atoms with van der Waals surface area (Å²) in [5.41, 5.74) is 2.79. The van der Waals surface area contributed by atoms with Crippen molar-refractivity contribution in [2.45, 2.75) is 12.8 Å². The maximum atomic E-state index is 12.9. The Morgan fingerprint density at radius 3 is 2.55 bits per heavy atom. The SMILES string of the molecule is O=C(Nc1ccc2c(c1)OCCO2)[C@H]1CCCN(c2ncc(-c3ccccc3)cn2)C1. The number of hydrogen-bond acceptors (Lipinski definition) is 6. The van der Waals surface area contributed by atoms with Crippen LogP contribution in [-0.2, 0) is 4.79 Å². The van der Waals surface area contributed by atoms with E-state index in [0.717, 1.165) is 36.2 Å². The minimum Gasteiger partial charge on any atom is -0.486 e. The molecule has 0 spiro atoms. The number of hydrogen-bond donors (Lipinski definition) is 1. The van der Waals surface area contributed by atoms with Crippen LogP contribution >= 0.6 is 0 Å². The quantitative estimate of drug-likeness (QED) is 0.698. The van der Waals surface area contributed by atoms with E-state index in [1.165, 1.54) is 0 Å². The second kappa shape index (κ2) is 8.63. The summed E-state index contributed by atoms with van der Waals surface area (Å²) in [7, 11) is 0. The normalized spacial score (nSPS) is 17.8. The van der Waals surface area contributed by atoms with Gasteiger partial charge >= 0.3 is 0 Å². The zero-order valence-electron chi connectivity index (χ0n) is 17.2. The Labute approximate surface area is 181 Å². The summed E-state index contributed by atoms with van der Waals surface area (Å²) in [4.78, 5) is 24.1. The summed E-state index contributed by atoms with van der Waals surface area (Å²) in [6, 6.07) is 15.6. The number of nitrogens with one attached hydrogen (secondary N) is 1. The van der Waals surface area contributed by atoms with Crippen LogP contribution in [0.3, 0.4) is 0 Å². The van der Waals surface area contributed by atoms with Crippen molar-refractivity contribution in [2.24, 2.45) is 5.92 Å². The van der Waals surface area contributed by atoms with E-state index >= 15 is 0 Å². The topological polar surface area (TPSA) is 76.6 Å². The molecule has 2 aliphatic rings. The van der Waals surface area contributed by atoms with Gasteiger partial charge in [-0.1, -0.05) is 30.3 Å². The van der Waals surface area contributed by atoms with Gasteiger partial charge in [0.25, 0.3) is 0 Å². The lowest BCUT2D eigenvalue weighted by atomic mass is 9.97. The lowest BCUT2D eigenvalue weighted by Gasteiger charge is -2.32. The number of carbonyl (C=O) groups excluding carboxylic acids is 1. The van der Waals surface area contributed by atoms with Gasteiger partial charge in [0.15, 0.2) is 11.5 Å². The number of fused-ring (bicyclic) bond motifs is 1. The molecule has 2 aliphatic heterocycles. The molecule has 7 nitrogen and oxygen atoms in total. The first-order valence-corrected chi connectivity index (χ1v) is 10.6. The number of ether oxygens (including phenoxy) is 2. The zero-order valence-corrected chi connectivity index (χ0v) is 17.2. The Bertz CT molecular complexity index is 1060. The minimum absolute atomic E-state index is 0.00211. The highest BCUT2D eigenvalue weighted by atomic mass is 16.6. The molecule has 158 valence electrons. The van der Waals surface area contributed by atoms with Crippen molar-refractivity contribution in [1.29, 1.82) is 0 Å². The second-order valence-corrected chi connectivity index (χ2v) is 7.77. The average molecular weight is 416 g/mol. The molecule has 3 aromatic rings. The van der Waals surface area contributed by atoms with Gasteiger partial charge < -0.3 is 19.7 Å². The van der Waals surface area contributed by atoms with Gasteiger partial charge in [-0.15, -0.1) is 0 Å². The maximum Gasteiger partial charge on any atom is 0.229 e. The van der Waals surface area contributed by atoms with Crippen molar-refractivity contribution in [1.82, 2.24) is 9.97 Å². The molecule has 1 saturated heterocycles.